The number of carbonyl (C=O) groups is 2. The van der Waals surface area contributed by atoms with Crippen molar-refractivity contribution in [2.75, 3.05) is 37.7 Å². The summed E-state index contributed by atoms with van der Waals surface area (Å²) in [5.74, 6) is -1.10. The Morgan fingerprint density at radius 3 is 2.59 bits per heavy atom. The van der Waals surface area contributed by atoms with Gasteiger partial charge in [0.05, 0.1) is 18.1 Å². The molecule has 9 heteroatoms. The molecule has 9 nitrogen and oxygen atoms in total. The van der Waals surface area contributed by atoms with E-state index in [1.165, 1.54) is 17.0 Å². The second-order valence-electron chi connectivity index (χ2n) is 7.06. The molecule has 0 radical (unpaired) electrons. The predicted molar refractivity (Wildman–Crippen MR) is 97.0 cm³/mol. The van der Waals surface area contributed by atoms with Crippen LogP contribution in [0.4, 0.5) is 11.4 Å². The van der Waals surface area contributed by atoms with Crippen LogP contribution in [0.25, 0.3) is 0 Å². The summed E-state index contributed by atoms with van der Waals surface area (Å²) in [7, 11) is 0. The minimum absolute atomic E-state index is 0.0901. The fourth-order valence-corrected chi connectivity index (χ4v) is 3.54. The minimum Gasteiger partial charge on any atom is -0.480 e. The Labute approximate surface area is 156 Å². The van der Waals surface area contributed by atoms with Crippen molar-refractivity contribution in [2.24, 2.45) is 5.92 Å². The second-order valence-corrected chi connectivity index (χ2v) is 7.06. The van der Waals surface area contributed by atoms with E-state index in [1.807, 2.05) is 4.90 Å². The number of carbonyl (C=O) groups excluding carboxylic acids is 1. The quantitative estimate of drug-likeness (QED) is 0.628. The van der Waals surface area contributed by atoms with E-state index in [-0.39, 0.29) is 31.0 Å². The van der Waals surface area contributed by atoms with Gasteiger partial charge < -0.3 is 19.6 Å². The number of carboxylic acids is 1. The zero-order valence-corrected chi connectivity index (χ0v) is 15.2. The average Bonchev–Trinajstić information content (AvgIpc) is 2.67. The van der Waals surface area contributed by atoms with E-state index < -0.39 is 22.8 Å². The number of anilines is 1. The lowest BCUT2D eigenvalue weighted by molar-refractivity contribution is -0.384. The maximum atomic E-state index is 12.8. The first-order chi connectivity index (χ1) is 12.9. The lowest BCUT2D eigenvalue weighted by atomic mass is 9.98. The topological polar surface area (TPSA) is 113 Å². The molecule has 0 aromatic heterocycles. The molecule has 0 saturated carbocycles. The molecule has 2 saturated heterocycles. The highest BCUT2D eigenvalue weighted by Crippen LogP contribution is 2.32. The van der Waals surface area contributed by atoms with Gasteiger partial charge in [0.25, 0.3) is 11.6 Å². The van der Waals surface area contributed by atoms with Gasteiger partial charge in [-0.2, -0.15) is 0 Å². The Balaban J connectivity index is 1.88. The van der Waals surface area contributed by atoms with E-state index in [4.69, 9.17) is 4.74 Å². The highest BCUT2D eigenvalue weighted by atomic mass is 16.6. The highest BCUT2D eigenvalue weighted by Gasteiger charge is 2.34. The first kappa shape index (κ1) is 19.1. The molecule has 2 aliphatic heterocycles. The maximum Gasteiger partial charge on any atom is 0.328 e. The van der Waals surface area contributed by atoms with Gasteiger partial charge >= 0.3 is 5.97 Å². The molecule has 3 rings (SSSR count). The first-order valence-electron chi connectivity index (χ1n) is 9.03. The van der Waals surface area contributed by atoms with Gasteiger partial charge in [-0.25, -0.2) is 4.79 Å². The van der Waals surface area contributed by atoms with Crippen LogP contribution in [-0.2, 0) is 9.53 Å². The number of hydrogen-bond acceptors (Lipinski definition) is 6. The largest absolute Gasteiger partial charge is 0.480 e. The molecule has 1 aromatic rings. The Bertz CT molecular complexity index is 745. The minimum atomic E-state index is -1.16. The number of ether oxygens (including phenoxy) is 1. The SMILES string of the molecule is CC1CCN(c2ccc(C(=O)N3CCOCC3C(=O)O)cc2[N+](=O)[O-])CC1. The summed E-state index contributed by atoms with van der Waals surface area (Å²) in [5, 5.41) is 20.9. The van der Waals surface area contributed by atoms with Crippen LogP contribution in [0.3, 0.4) is 0 Å². The van der Waals surface area contributed by atoms with Gasteiger partial charge in [-0.15, -0.1) is 0 Å². The number of nitro benzene ring substituents is 1. The Hall–Kier alpha value is -2.68. The molecule has 0 aliphatic carbocycles. The fourth-order valence-electron chi connectivity index (χ4n) is 3.54. The number of hydrogen-bond donors (Lipinski definition) is 1. The Morgan fingerprint density at radius 1 is 1.26 bits per heavy atom. The molecular weight excluding hydrogens is 354 g/mol. The Morgan fingerprint density at radius 2 is 1.96 bits per heavy atom. The van der Waals surface area contributed by atoms with E-state index in [0.29, 0.717) is 11.6 Å². The molecule has 146 valence electrons. The van der Waals surface area contributed by atoms with Gasteiger partial charge in [-0.1, -0.05) is 6.92 Å². The number of aliphatic carboxylic acids is 1. The van der Waals surface area contributed by atoms with Gasteiger partial charge in [-0.05, 0) is 30.9 Å². The van der Waals surface area contributed by atoms with Crippen molar-refractivity contribution in [3.05, 3.63) is 33.9 Å². The molecule has 0 bridgehead atoms. The number of rotatable bonds is 4. The summed E-state index contributed by atoms with van der Waals surface area (Å²) < 4.78 is 5.14. The fraction of sp³-hybridized carbons (Fsp3) is 0.556. The summed E-state index contributed by atoms with van der Waals surface area (Å²) >= 11 is 0. The van der Waals surface area contributed by atoms with Crippen molar-refractivity contribution in [1.82, 2.24) is 4.90 Å². The third-order valence-corrected chi connectivity index (χ3v) is 5.22. The third-order valence-electron chi connectivity index (χ3n) is 5.22. The summed E-state index contributed by atoms with van der Waals surface area (Å²) in [6.45, 7) is 3.92. The lowest BCUT2D eigenvalue weighted by Crippen LogP contribution is -2.52. The van der Waals surface area contributed by atoms with Crippen molar-refractivity contribution < 1.29 is 24.4 Å². The molecule has 0 spiro atoms. The van der Waals surface area contributed by atoms with Crippen molar-refractivity contribution in [1.29, 1.82) is 0 Å². The van der Waals surface area contributed by atoms with Crippen molar-refractivity contribution in [2.45, 2.75) is 25.8 Å². The summed E-state index contributed by atoms with van der Waals surface area (Å²) in [4.78, 5) is 38.4. The summed E-state index contributed by atoms with van der Waals surface area (Å²) in [6.07, 6.45) is 1.93. The number of benzene rings is 1. The molecule has 1 unspecified atom stereocenters. The maximum absolute atomic E-state index is 12.8. The molecule has 1 amide bonds. The Kier molecular flexibility index (Phi) is 5.59. The standard InChI is InChI=1S/C18H23N3O6/c1-12-4-6-19(7-5-12)14-3-2-13(10-15(14)21(25)26)17(22)20-8-9-27-11-16(20)18(23)24/h2-3,10,12,16H,4-9,11H2,1H3,(H,23,24). The molecule has 1 N–H and O–H groups in total. The van der Waals surface area contributed by atoms with Crippen LogP contribution in [0.15, 0.2) is 18.2 Å². The normalized spacial score (nSPS) is 21.1. The van der Waals surface area contributed by atoms with Crippen LogP contribution in [-0.4, -0.2) is 65.7 Å². The monoisotopic (exact) mass is 377 g/mol. The van der Waals surface area contributed by atoms with Gasteiger partial charge in [0.1, 0.15) is 5.69 Å². The van der Waals surface area contributed by atoms with Gasteiger partial charge in [0.15, 0.2) is 6.04 Å². The van der Waals surface area contributed by atoms with Crippen LogP contribution in [0.2, 0.25) is 0 Å². The van der Waals surface area contributed by atoms with E-state index in [2.05, 4.69) is 6.92 Å². The molecule has 27 heavy (non-hydrogen) atoms. The zero-order valence-electron chi connectivity index (χ0n) is 15.2. The van der Waals surface area contributed by atoms with E-state index in [1.54, 1.807) is 6.07 Å². The molecule has 1 aromatic carbocycles. The average molecular weight is 377 g/mol. The molecule has 2 heterocycles. The number of piperidine rings is 1. The number of nitro groups is 1. The van der Waals surface area contributed by atoms with Crippen LogP contribution >= 0.6 is 0 Å². The van der Waals surface area contributed by atoms with Crippen molar-refractivity contribution in [3.63, 3.8) is 0 Å². The van der Waals surface area contributed by atoms with E-state index in [0.717, 1.165) is 25.9 Å². The van der Waals surface area contributed by atoms with Crippen molar-refractivity contribution in [3.8, 4) is 0 Å². The molecular formula is C18H23N3O6. The summed E-state index contributed by atoms with van der Waals surface area (Å²) in [5.41, 5.74) is 0.486. The van der Waals surface area contributed by atoms with Gasteiger partial charge in [0, 0.05) is 31.3 Å². The number of amides is 1. The lowest BCUT2D eigenvalue weighted by Gasteiger charge is -2.33. The molecule has 1 atom stereocenters. The zero-order chi connectivity index (χ0) is 19.6. The number of carboxylic acid groups (broad SMARTS) is 1. The summed E-state index contributed by atoms with van der Waals surface area (Å²) in [6, 6.07) is 3.30. The molecule has 2 fully saturated rings. The van der Waals surface area contributed by atoms with Gasteiger partial charge in [-0.3, -0.25) is 14.9 Å². The van der Waals surface area contributed by atoms with E-state index >= 15 is 0 Å². The smallest absolute Gasteiger partial charge is 0.328 e. The highest BCUT2D eigenvalue weighted by molar-refractivity contribution is 5.98. The third kappa shape index (κ3) is 4.02. The predicted octanol–water partition coefficient (Wildman–Crippen LogP) is 1.76. The molecule has 2 aliphatic rings. The first-order valence-corrected chi connectivity index (χ1v) is 9.03. The number of nitrogens with zero attached hydrogens (tertiary/aromatic N) is 3. The van der Waals surface area contributed by atoms with Crippen LogP contribution in [0.1, 0.15) is 30.1 Å². The van der Waals surface area contributed by atoms with Crippen LogP contribution in [0.5, 0.6) is 0 Å². The van der Waals surface area contributed by atoms with Gasteiger partial charge in [0.2, 0.25) is 0 Å². The van der Waals surface area contributed by atoms with Crippen molar-refractivity contribution >= 4 is 23.3 Å². The van der Waals surface area contributed by atoms with E-state index in [9.17, 15) is 24.8 Å². The van der Waals surface area contributed by atoms with Crippen LogP contribution in [0, 0.1) is 16.0 Å². The second kappa shape index (κ2) is 7.91. The van der Waals surface area contributed by atoms with Crippen LogP contribution < -0.4 is 4.90 Å². The number of morpholine rings is 1.